The number of carbonyl (C=O) groups excluding carboxylic acids is 1. The summed E-state index contributed by atoms with van der Waals surface area (Å²) in [6.45, 7) is 0. The predicted octanol–water partition coefficient (Wildman–Crippen LogP) is 0.673. The zero-order valence-corrected chi connectivity index (χ0v) is 8.88. The fraction of sp³-hybridized carbons (Fsp3) is 0.429. The molecule has 6 nitrogen and oxygen atoms in total. The fourth-order valence-corrected chi connectivity index (χ4v) is 1.34. The van der Waals surface area contributed by atoms with E-state index in [4.69, 9.17) is 5.11 Å². The van der Waals surface area contributed by atoms with Gasteiger partial charge in [0.2, 0.25) is 0 Å². The lowest BCUT2D eigenvalue weighted by Gasteiger charge is -2.15. The summed E-state index contributed by atoms with van der Waals surface area (Å²) in [5.74, 6) is -2.77. The second-order valence-corrected chi connectivity index (χ2v) is 3.53. The highest BCUT2D eigenvalue weighted by Crippen LogP contribution is 2.21. The second kappa shape index (κ2) is 5.08. The van der Waals surface area contributed by atoms with Crippen molar-refractivity contribution in [2.45, 2.75) is 18.6 Å². The normalized spacial score (nSPS) is 13.1. The number of amides is 1. The maximum absolute atomic E-state index is 12.0. The van der Waals surface area contributed by atoms with Crippen molar-refractivity contribution in [1.82, 2.24) is 14.1 Å². The molecule has 0 aromatic carbocycles. The molecule has 0 saturated carbocycles. The van der Waals surface area contributed by atoms with Gasteiger partial charge in [-0.05, 0) is 0 Å². The van der Waals surface area contributed by atoms with Gasteiger partial charge in [-0.15, -0.1) is 0 Å². The maximum Gasteiger partial charge on any atom is 0.391 e. The van der Waals surface area contributed by atoms with Gasteiger partial charge in [-0.1, -0.05) is 0 Å². The summed E-state index contributed by atoms with van der Waals surface area (Å²) in [6, 6.07) is -2.04. The van der Waals surface area contributed by atoms with Crippen molar-refractivity contribution in [2.75, 3.05) is 0 Å². The van der Waals surface area contributed by atoms with Crippen LogP contribution in [-0.2, 0) is 4.79 Å². The lowest BCUT2D eigenvalue weighted by Crippen LogP contribution is -2.43. The Hall–Kier alpha value is -1.71. The number of carboxylic acids is 1. The molecule has 17 heavy (non-hydrogen) atoms. The molecule has 1 aromatic heterocycles. The van der Waals surface area contributed by atoms with Crippen LogP contribution in [-0.4, -0.2) is 37.9 Å². The van der Waals surface area contributed by atoms with Crippen molar-refractivity contribution < 1.29 is 27.9 Å². The van der Waals surface area contributed by atoms with Crippen LogP contribution in [0.4, 0.5) is 13.2 Å². The van der Waals surface area contributed by atoms with Crippen LogP contribution in [0.3, 0.4) is 0 Å². The van der Waals surface area contributed by atoms with Crippen LogP contribution in [0.1, 0.15) is 16.9 Å². The van der Waals surface area contributed by atoms with Crippen molar-refractivity contribution in [2.24, 2.45) is 0 Å². The number of aromatic nitrogens is 2. The summed E-state index contributed by atoms with van der Waals surface area (Å²) < 4.78 is 43.0. The summed E-state index contributed by atoms with van der Waals surface area (Å²) in [5.41, 5.74) is -0.219. The van der Waals surface area contributed by atoms with E-state index in [9.17, 15) is 22.8 Å². The van der Waals surface area contributed by atoms with Crippen molar-refractivity contribution in [3.05, 3.63) is 11.9 Å². The quantitative estimate of drug-likeness (QED) is 0.838. The molecule has 94 valence electrons. The second-order valence-electron chi connectivity index (χ2n) is 2.98. The summed E-state index contributed by atoms with van der Waals surface area (Å²) >= 11 is 0.686. The molecule has 1 unspecified atom stereocenters. The monoisotopic (exact) mass is 269 g/mol. The largest absolute Gasteiger partial charge is 0.480 e. The van der Waals surface area contributed by atoms with Crippen LogP contribution in [0, 0.1) is 0 Å². The van der Waals surface area contributed by atoms with E-state index in [1.165, 1.54) is 0 Å². The van der Waals surface area contributed by atoms with Gasteiger partial charge in [0.05, 0.1) is 24.3 Å². The van der Waals surface area contributed by atoms with Gasteiger partial charge < -0.3 is 10.4 Å². The predicted molar refractivity (Wildman–Crippen MR) is 49.5 cm³/mol. The van der Waals surface area contributed by atoms with E-state index >= 15 is 0 Å². The first kappa shape index (κ1) is 13.4. The molecule has 2 N–H and O–H groups in total. The first-order valence-electron chi connectivity index (χ1n) is 4.17. The lowest BCUT2D eigenvalue weighted by molar-refractivity contribution is -0.157. The summed E-state index contributed by atoms with van der Waals surface area (Å²) in [6.07, 6.45) is -5.30. The van der Waals surface area contributed by atoms with Gasteiger partial charge in [-0.25, -0.2) is 4.79 Å². The fourth-order valence-electron chi connectivity index (χ4n) is 0.928. The molecule has 0 aliphatic carbocycles. The number of aliphatic carboxylic acids is 1. The van der Waals surface area contributed by atoms with E-state index in [2.05, 4.69) is 8.75 Å². The van der Waals surface area contributed by atoms with Gasteiger partial charge in [-0.3, -0.25) is 4.79 Å². The summed E-state index contributed by atoms with van der Waals surface area (Å²) in [4.78, 5) is 21.8. The van der Waals surface area contributed by atoms with Gasteiger partial charge in [0.25, 0.3) is 5.91 Å². The highest BCUT2D eigenvalue weighted by atomic mass is 32.1. The van der Waals surface area contributed by atoms with Crippen LogP contribution in [0.15, 0.2) is 6.20 Å². The molecule has 1 aromatic rings. The Labute approximate surface area is 96.8 Å². The molecular weight excluding hydrogens is 263 g/mol. The van der Waals surface area contributed by atoms with Gasteiger partial charge in [0.1, 0.15) is 6.04 Å². The lowest BCUT2D eigenvalue weighted by atomic mass is 10.2. The summed E-state index contributed by atoms with van der Waals surface area (Å²) in [5, 5.41) is 10.3. The topological polar surface area (TPSA) is 92.2 Å². The number of hydrogen-bond donors (Lipinski definition) is 2. The minimum atomic E-state index is -4.68. The molecule has 0 saturated heterocycles. The number of nitrogens with one attached hydrogen (secondary N) is 1. The first-order valence-corrected chi connectivity index (χ1v) is 4.90. The molecule has 1 heterocycles. The van der Waals surface area contributed by atoms with E-state index in [1.54, 1.807) is 5.32 Å². The Bertz CT molecular complexity index is 406. The van der Waals surface area contributed by atoms with Crippen molar-refractivity contribution >= 4 is 23.6 Å². The number of rotatable bonds is 4. The number of carbonyl (C=O) groups is 2. The average Bonchev–Trinajstić information content (AvgIpc) is 2.66. The smallest absolute Gasteiger partial charge is 0.391 e. The number of hydrogen-bond acceptors (Lipinski definition) is 5. The van der Waals surface area contributed by atoms with Gasteiger partial charge in [-0.2, -0.15) is 21.9 Å². The minimum absolute atomic E-state index is 0.219. The highest BCUT2D eigenvalue weighted by molar-refractivity contribution is 6.99. The standard InChI is InChI=1S/C7H6F3N3O3S/c8-7(9,10)1-3(6(15)16)12-5(14)4-2-11-17-13-4/h2-3H,1H2,(H,12,14)(H,15,16). The molecule has 1 rings (SSSR count). The zero-order chi connectivity index (χ0) is 13.1. The van der Waals surface area contributed by atoms with E-state index in [0.29, 0.717) is 11.7 Å². The van der Waals surface area contributed by atoms with E-state index < -0.39 is 30.5 Å². The molecule has 10 heteroatoms. The van der Waals surface area contributed by atoms with Crippen LogP contribution in [0.25, 0.3) is 0 Å². The molecular formula is C7H6F3N3O3S. The van der Waals surface area contributed by atoms with Crippen molar-refractivity contribution in [1.29, 1.82) is 0 Å². The average molecular weight is 269 g/mol. The maximum atomic E-state index is 12.0. The highest BCUT2D eigenvalue weighted by Gasteiger charge is 2.36. The molecule has 0 radical (unpaired) electrons. The third-order valence-electron chi connectivity index (χ3n) is 1.63. The Morgan fingerprint density at radius 2 is 2.18 bits per heavy atom. The molecule has 0 fully saturated rings. The molecule has 0 spiro atoms. The van der Waals surface area contributed by atoms with Gasteiger partial charge in [0, 0.05) is 0 Å². The number of nitrogens with zero attached hydrogens (tertiary/aromatic N) is 2. The molecule has 0 bridgehead atoms. The van der Waals surface area contributed by atoms with Gasteiger partial charge >= 0.3 is 12.1 Å². The third kappa shape index (κ3) is 4.34. The van der Waals surface area contributed by atoms with Crippen LogP contribution < -0.4 is 5.32 Å². The van der Waals surface area contributed by atoms with Crippen molar-refractivity contribution in [3.63, 3.8) is 0 Å². The summed E-state index contributed by atoms with van der Waals surface area (Å²) in [7, 11) is 0. The van der Waals surface area contributed by atoms with E-state index in [0.717, 1.165) is 6.20 Å². The van der Waals surface area contributed by atoms with Crippen LogP contribution in [0.5, 0.6) is 0 Å². The Kier molecular flexibility index (Phi) is 3.99. The Morgan fingerprint density at radius 3 is 2.59 bits per heavy atom. The number of halogens is 3. The van der Waals surface area contributed by atoms with Gasteiger partial charge in [0.15, 0.2) is 5.69 Å². The molecule has 0 aliphatic heterocycles. The van der Waals surface area contributed by atoms with E-state index in [-0.39, 0.29) is 5.69 Å². The first-order chi connectivity index (χ1) is 7.79. The minimum Gasteiger partial charge on any atom is -0.480 e. The van der Waals surface area contributed by atoms with Crippen LogP contribution >= 0.6 is 11.7 Å². The van der Waals surface area contributed by atoms with Crippen molar-refractivity contribution in [3.8, 4) is 0 Å². The molecule has 1 atom stereocenters. The SMILES string of the molecule is O=C(NC(CC(F)(F)F)C(=O)O)c1cnsn1. The zero-order valence-electron chi connectivity index (χ0n) is 8.06. The number of carboxylic acid groups (broad SMARTS) is 1. The van der Waals surface area contributed by atoms with E-state index in [1.807, 2.05) is 0 Å². The van der Waals surface area contributed by atoms with Crippen LogP contribution in [0.2, 0.25) is 0 Å². The third-order valence-corrected chi connectivity index (χ3v) is 2.11. The molecule has 0 aliphatic rings. The number of alkyl halides is 3. The Morgan fingerprint density at radius 1 is 1.53 bits per heavy atom. The Balaban J connectivity index is 2.68. The molecule has 1 amide bonds.